The van der Waals surface area contributed by atoms with E-state index >= 15 is 0 Å². The lowest BCUT2D eigenvalue weighted by molar-refractivity contribution is 0.397. The van der Waals surface area contributed by atoms with Crippen LogP contribution in [0.3, 0.4) is 0 Å². The number of nitrogens with zero attached hydrogens (tertiary/aromatic N) is 2. The Hall–Kier alpha value is -1.49. The van der Waals surface area contributed by atoms with Gasteiger partial charge >= 0.3 is 29.3 Å². The van der Waals surface area contributed by atoms with Gasteiger partial charge in [0, 0.05) is 19.2 Å². The van der Waals surface area contributed by atoms with Gasteiger partial charge in [-0.2, -0.15) is 4.98 Å². The molecule has 0 bridgehead atoms. The second-order valence-electron chi connectivity index (χ2n) is 6.41. The molecule has 2 aromatic heterocycles. The van der Waals surface area contributed by atoms with E-state index in [0.717, 1.165) is 36.8 Å². The Morgan fingerprint density at radius 3 is 2.52 bits per heavy atom. The molecule has 158 valence electrons. The summed E-state index contributed by atoms with van der Waals surface area (Å²) in [5.41, 5.74) is -0.160. The summed E-state index contributed by atoms with van der Waals surface area (Å²) in [6, 6.07) is 1.88. The lowest BCUT2D eigenvalue weighted by Crippen LogP contribution is -2.21. The van der Waals surface area contributed by atoms with Gasteiger partial charge in [-0.1, -0.05) is 40.5 Å². The molecule has 0 aliphatic heterocycles. The van der Waals surface area contributed by atoms with Crippen molar-refractivity contribution in [1.82, 2.24) is 9.55 Å². The van der Waals surface area contributed by atoms with E-state index in [1.165, 1.54) is 24.0 Å². The second kappa shape index (κ2) is 11.1. The van der Waals surface area contributed by atoms with Crippen molar-refractivity contribution in [2.24, 2.45) is 0 Å². The number of furan rings is 1. The molecule has 2 unspecified atom stereocenters. The Morgan fingerprint density at radius 2 is 1.90 bits per heavy atom. The van der Waals surface area contributed by atoms with Crippen molar-refractivity contribution in [3.63, 3.8) is 0 Å². The maximum absolute atomic E-state index is 12.4. The third-order valence-corrected chi connectivity index (χ3v) is 8.32. The molecule has 0 amide bonds. The van der Waals surface area contributed by atoms with Crippen molar-refractivity contribution in [3.8, 4) is 0 Å². The minimum Gasteiger partial charge on any atom is -0.443 e. The summed E-state index contributed by atoms with van der Waals surface area (Å²) >= 11 is 0. The zero-order valence-electron chi connectivity index (χ0n) is 16.6. The lowest BCUT2D eigenvalue weighted by atomic mass is 10.2. The first-order valence-corrected chi connectivity index (χ1v) is 14.2. The number of fused-ring (bicyclic) bond motifs is 1. The maximum atomic E-state index is 12.4. The van der Waals surface area contributed by atoms with Crippen LogP contribution >= 0.6 is 23.7 Å². The summed E-state index contributed by atoms with van der Waals surface area (Å²) in [5, 5.41) is 0.729. The first-order chi connectivity index (χ1) is 13.7. The standard InChI is InChI=1S/C17H25N2O7P3/c1-4-5-6-9-15-12-14-13-19(17(20)18-16(14)24-15)10-7-8-11-29(23,25-27(2)21)26-28(3)22/h7-8,12-13H,4-6,9-11H2,1-3H3/q+2/b8-7+. The minimum atomic E-state index is -3.79. The van der Waals surface area contributed by atoms with E-state index in [4.69, 9.17) is 13.0 Å². The normalized spacial score (nSPS) is 15.0. The number of rotatable bonds is 12. The summed E-state index contributed by atoms with van der Waals surface area (Å²) in [4.78, 5) is 16.1. The molecule has 2 rings (SSSR count). The van der Waals surface area contributed by atoms with Crippen molar-refractivity contribution < 1.29 is 26.7 Å². The summed E-state index contributed by atoms with van der Waals surface area (Å²) in [7, 11) is -8.16. The SMILES string of the molecule is CCCCCc1cc2cn(C/C=C/CP(=O)(O[P+](C)=O)O[P+](C)=O)c(=O)nc2o1. The van der Waals surface area contributed by atoms with Gasteiger partial charge in [0.25, 0.3) is 0 Å². The Morgan fingerprint density at radius 1 is 1.21 bits per heavy atom. The largest absolute Gasteiger partial charge is 0.513 e. The Bertz CT molecular complexity index is 992. The van der Waals surface area contributed by atoms with Gasteiger partial charge in [-0.15, -0.1) is 0 Å². The molecule has 0 N–H and O–H groups in total. The topological polar surface area (TPSA) is 118 Å². The average Bonchev–Trinajstić information content (AvgIpc) is 2.98. The average molecular weight is 462 g/mol. The number of hydrogen-bond donors (Lipinski definition) is 0. The van der Waals surface area contributed by atoms with Gasteiger partial charge in [0.2, 0.25) is 5.71 Å². The lowest BCUT2D eigenvalue weighted by Gasteiger charge is -2.02. The van der Waals surface area contributed by atoms with E-state index < -0.39 is 29.3 Å². The van der Waals surface area contributed by atoms with Crippen molar-refractivity contribution in [1.29, 1.82) is 0 Å². The molecule has 0 saturated carbocycles. The highest BCUT2D eigenvalue weighted by Gasteiger charge is 2.39. The third-order valence-electron chi connectivity index (χ3n) is 3.83. The molecule has 0 saturated heterocycles. The number of aromatic nitrogens is 2. The number of unbranched alkanes of at least 4 members (excludes halogenated alkanes) is 2. The van der Waals surface area contributed by atoms with Crippen LogP contribution in [0.4, 0.5) is 0 Å². The van der Waals surface area contributed by atoms with Gasteiger partial charge in [0.1, 0.15) is 5.76 Å². The van der Waals surface area contributed by atoms with Crippen molar-refractivity contribution in [3.05, 3.63) is 40.7 Å². The fourth-order valence-corrected chi connectivity index (χ4v) is 6.76. The first-order valence-electron chi connectivity index (χ1n) is 9.17. The van der Waals surface area contributed by atoms with Crippen LogP contribution in [0, 0.1) is 0 Å². The Balaban J connectivity index is 2.07. The minimum absolute atomic E-state index is 0.175. The van der Waals surface area contributed by atoms with Gasteiger partial charge in [-0.3, -0.25) is 9.13 Å². The molecule has 0 aliphatic rings. The summed E-state index contributed by atoms with van der Waals surface area (Å²) in [6.07, 6.45) is 8.53. The smallest absolute Gasteiger partial charge is 0.443 e. The number of hydrogen-bond acceptors (Lipinski definition) is 8. The molecule has 0 aliphatic carbocycles. The van der Waals surface area contributed by atoms with Crippen molar-refractivity contribution in [2.45, 2.75) is 39.2 Å². The maximum Gasteiger partial charge on any atom is 0.513 e. The predicted octanol–water partition coefficient (Wildman–Crippen LogP) is 5.25. The van der Waals surface area contributed by atoms with Crippen LogP contribution in [0.5, 0.6) is 0 Å². The molecule has 0 fully saturated rings. The zero-order chi connectivity index (χ0) is 21.4. The molecule has 0 spiro atoms. The van der Waals surface area contributed by atoms with E-state index in [9.17, 15) is 18.5 Å². The highest BCUT2D eigenvalue weighted by Crippen LogP contribution is 2.59. The van der Waals surface area contributed by atoms with Gasteiger partial charge in [-0.05, 0) is 21.6 Å². The van der Waals surface area contributed by atoms with Crippen molar-refractivity contribution in [2.75, 3.05) is 19.5 Å². The molecule has 0 radical (unpaired) electrons. The van der Waals surface area contributed by atoms with Crippen molar-refractivity contribution >= 4 is 34.8 Å². The fourth-order valence-electron chi connectivity index (χ4n) is 2.63. The molecule has 9 nitrogen and oxygen atoms in total. The third kappa shape index (κ3) is 7.69. The fraction of sp³-hybridized carbons (Fsp3) is 0.529. The quantitative estimate of drug-likeness (QED) is 0.238. The van der Waals surface area contributed by atoms with Crippen LogP contribution in [0.25, 0.3) is 11.1 Å². The van der Waals surface area contributed by atoms with Crippen LogP contribution in [0.15, 0.2) is 33.6 Å². The molecule has 12 heteroatoms. The Labute approximate surface area is 170 Å². The molecule has 0 aromatic carbocycles. The van der Waals surface area contributed by atoms with Gasteiger partial charge in [-0.25, -0.2) is 4.79 Å². The number of allylic oxidation sites excluding steroid dienone is 2. The summed E-state index contributed by atoms with van der Waals surface area (Å²) < 4.78 is 51.6. The van der Waals surface area contributed by atoms with E-state index in [-0.39, 0.29) is 12.7 Å². The van der Waals surface area contributed by atoms with Crippen LogP contribution in [-0.2, 0) is 35.3 Å². The molecule has 29 heavy (non-hydrogen) atoms. The predicted molar refractivity (Wildman–Crippen MR) is 112 cm³/mol. The van der Waals surface area contributed by atoms with Crippen LogP contribution < -0.4 is 5.69 Å². The van der Waals surface area contributed by atoms with Gasteiger partial charge in [0.15, 0.2) is 13.3 Å². The van der Waals surface area contributed by atoms with Crippen LogP contribution in [-0.4, -0.2) is 29.0 Å². The molecule has 2 aromatic rings. The summed E-state index contributed by atoms with van der Waals surface area (Å²) in [5.74, 6) is 0.797. The first kappa shape index (κ1) is 23.8. The van der Waals surface area contributed by atoms with E-state index in [2.05, 4.69) is 11.9 Å². The second-order valence-corrected chi connectivity index (χ2v) is 11.1. The molecule has 2 heterocycles. The highest BCUT2D eigenvalue weighted by atomic mass is 31.3. The summed E-state index contributed by atoms with van der Waals surface area (Å²) in [6.45, 7) is 4.77. The zero-order valence-corrected chi connectivity index (χ0v) is 19.3. The monoisotopic (exact) mass is 462 g/mol. The van der Waals surface area contributed by atoms with Gasteiger partial charge in [0.05, 0.1) is 11.5 Å². The van der Waals surface area contributed by atoms with E-state index in [1.54, 1.807) is 12.3 Å². The van der Waals surface area contributed by atoms with Crippen LogP contribution in [0.1, 0.15) is 31.9 Å². The molecular weight excluding hydrogens is 437 g/mol. The van der Waals surface area contributed by atoms with E-state index in [0.29, 0.717) is 5.71 Å². The van der Waals surface area contributed by atoms with Crippen LogP contribution in [0.2, 0.25) is 0 Å². The van der Waals surface area contributed by atoms with Gasteiger partial charge < -0.3 is 4.42 Å². The molecular formula is C17H25N2O7P3+2. The Kier molecular flexibility index (Phi) is 9.06. The number of aryl methyl sites for hydroxylation is 1. The van der Waals surface area contributed by atoms with E-state index in [1.807, 2.05) is 6.07 Å². The molecule has 2 atom stereocenters. The highest BCUT2D eigenvalue weighted by molar-refractivity contribution is 7.66.